The first-order chi connectivity index (χ1) is 11.5. The van der Waals surface area contributed by atoms with Crippen molar-refractivity contribution in [2.75, 3.05) is 20.2 Å². The minimum absolute atomic E-state index is 0.0291. The van der Waals surface area contributed by atoms with E-state index in [1.54, 1.807) is 19.3 Å². The molecule has 0 saturated carbocycles. The van der Waals surface area contributed by atoms with Crippen LogP contribution in [-0.2, 0) is 9.59 Å². The number of piperidine rings is 1. The van der Waals surface area contributed by atoms with E-state index in [0.29, 0.717) is 13.0 Å². The molecule has 1 N–H and O–H groups in total. The second-order valence-electron chi connectivity index (χ2n) is 6.30. The summed E-state index contributed by atoms with van der Waals surface area (Å²) in [6.45, 7) is 3.37. The number of carbonyl (C=O) groups is 2. The molecular formula is C19H25NO4. The number of hydrogen-bond donors (Lipinski definition) is 1. The van der Waals surface area contributed by atoms with Crippen LogP contribution in [0.2, 0.25) is 0 Å². The summed E-state index contributed by atoms with van der Waals surface area (Å²) in [6.07, 6.45) is 6.09. The van der Waals surface area contributed by atoms with Gasteiger partial charge >= 0.3 is 5.97 Å². The van der Waals surface area contributed by atoms with Crippen LogP contribution in [0.25, 0.3) is 6.08 Å². The van der Waals surface area contributed by atoms with E-state index >= 15 is 0 Å². The normalized spacial score (nSPS) is 17.9. The van der Waals surface area contributed by atoms with Crippen molar-refractivity contribution >= 4 is 18.0 Å². The molecule has 1 amide bonds. The van der Waals surface area contributed by atoms with Gasteiger partial charge in [-0.3, -0.25) is 9.59 Å². The lowest BCUT2D eigenvalue weighted by molar-refractivity contribution is -0.137. The van der Waals surface area contributed by atoms with Gasteiger partial charge < -0.3 is 14.7 Å². The number of hydrogen-bond acceptors (Lipinski definition) is 3. The van der Waals surface area contributed by atoms with E-state index in [4.69, 9.17) is 9.84 Å². The molecule has 0 bridgehead atoms. The third-order valence-corrected chi connectivity index (χ3v) is 4.39. The number of methoxy groups -OCH3 is 1. The third kappa shape index (κ3) is 5.11. The van der Waals surface area contributed by atoms with Crippen LogP contribution in [0.1, 0.15) is 36.8 Å². The van der Waals surface area contributed by atoms with Gasteiger partial charge in [-0.05, 0) is 50.3 Å². The Kier molecular flexibility index (Phi) is 6.41. The Labute approximate surface area is 142 Å². The van der Waals surface area contributed by atoms with Gasteiger partial charge in [-0.2, -0.15) is 0 Å². The molecule has 0 aromatic heterocycles. The predicted molar refractivity (Wildman–Crippen MR) is 92.9 cm³/mol. The van der Waals surface area contributed by atoms with Crippen molar-refractivity contribution in [2.45, 2.75) is 32.6 Å². The van der Waals surface area contributed by atoms with Crippen molar-refractivity contribution in [2.24, 2.45) is 5.92 Å². The molecule has 0 aliphatic carbocycles. The zero-order chi connectivity index (χ0) is 17.5. The fraction of sp³-hybridized carbons (Fsp3) is 0.474. The summed E-state index contributed by atoms with van der Waals surface area (Å²) in [7, 11) is 1.61. The molecule has 1 aromatic rings. The summed E-state index contributed by atoms with van der Waals surface area (Å²) in [5.41, 5.74) is 1.99. The number of aliphatic carboxylic acids is 1. The molecule has 1 saturated heterocycles. The molecule has 130 valence electrons. The lowest BCUT2D eigenvalue weighted by Crippen LogP contribution is -2.39. The fourth-order valence-corrected chi connectivity index (χ4v) is 3.08. The van der Waals surface area contributed by atoms with E-state index in [1.165, 1.54) is 0 Å². The van der Waals surface area contributed by atoms with Crippen LogP contribution < -0.4 is 4.74 Å². The highest BCUT2D eigenvalue weighted by Gasteiger charge is 2.22. The van der Waals surface area contributed by atoms with Gasteiger partial charge in [0.15, 0.2) is 0 Å². The monoisotopic (exact) mass is 331 g/mol. The maximum atomic E-state index is 12.4. The molecular weight excluding hydrogens is 306 g/mol. The van der Waals surface area contributed by atoms with Gasteiger partial charge in [0, 0.05) is 31.1 Å². The van der Waals surface area contributed by atoms with Gasteiger partial charge in [0.05, 0.1) is 7.11 Å². The Bertz CT molecular complexity index is 624. The van der Waals surface area contributed by atoms with Gasteiger partial charge in [0.25, 0.3) is 0 Å². The van der Waals surface area contributed by atoms with Gasteiger partial charge in [-0.15, -0.1) is 0 Å². The standard InChI is InChI=1S/C19H25NO4/c1-14-5-8-17(24-2)16(12-14)7-9-18(21)20-11-3-4-15(13-20)6-10-19(22)23/h5,7-9,12,15H,3-4,6,10-11,13H2,1-2H3,(H,22,23). The SMILES string of the molecule is COc1ccc(C)cc1C=CC(=O)N1CCCC(CCC(=O)O)C1. The number of carboxylic acids is 1. The molecule has 5 nitrogen and oxygen atoms in total. The number of benzene rings is 1. The number of carbonyl (C=O) groups excluding carboxylic acids is 1. The van der Waals surface area contributed by atoms with Crippen molar-refractivity contribution in [3.8, 4) is 5.75 Å². The summed E-state index contributed by atoms with van der Waals surface area (Å²) >= 11 is 0. The zero-order valence-corrected chi connectivity index (χ0v) is 14.3. The lowest BCUT2D eigenvalue weighted by atomic mass is 9.93. The van der Waals surface area contributed by atoms with Gasteiger partial charge in [-0.1, -0.05) is 11.6 Å². The third-order valence-electron chi connectivity index (χ3n) is 4.39. The Morgan fingerprint density at radius 1 is 1.42 bits per heavy atom. The van der Waals surface area contributed by atoms with Crippen LogP contribution in [0.4, 0.5) is 0 Å². The quantitative estimate of drug-likeness (QED) is 0.813. The Hall–Kier alpha value is -2.30. The van der Waals surface area contributed by atoms with Gasteiger partial charge in [0.1, 0.15) is 5.75 Å². The predicted octanol–water partition coefficient (Wildman–Crippen LogP) is 3.12. The highest BCUT2D eigenvalue weighted by atomic mass is 16.5. The van der Waals surface area contributed by atoms with E-state index in [9.17, 15) is 9.59 Å². The molecule has 0 radical (unpaired) electrons. The van der Waals surface area contributed by atoms with Gasteiger partial charge in [-0.25, -0.2) is 0 Å². The van der Waals surface area contributed by atoms with Crippen molar-refractivity contribution in [3.63, 3.8) is 0 Å². The number of amides is 1. The maximum absolute atomic E-state index is 12.4. The summed E-state index contributed by atoms with van der Waals surface area (Å²) in [6, 6.07) is 5.84. The van der Waals surface area contributed by atoms with Crippen LogP contribution in [0.5, 0.6) is 5.75 Å². The smallest absolute Gasteiger partial charge is 0.303 e. The van der Waals surface area contributed by atoms with Crippen LogP contribution >= 0.6 is 0 Å². The van der Waals surface area contributed by atoms with E-state index in [2.05, 4.69) is 0 Å². The van der Waals surface area contributed by atoms with E-state index in [0.717, 1.165) is 36.3 Å². The van der Waals surface area contributed by atoms with Gasteiger partial charge in [0.2, 0.25) is 5.91 Å². The van der Waals surface area contributed by atoms with E-state index < -0.39 is 5.97 Å². The van der Waals surface area contributed by atoms with Crippen LogP contribution in [0.15, 0.2) is 24.3 Å². The molecule has 1 unspecified atom stereocenters. The minimum Gasteiger partial charge on any atom is -0.496 e. The molecule has 0 spiro atoms. The highest BCUT2D eigenvalue weighted by Crippen LogP contribution is 2.23. The Balaban J connectivity index is 1.98. The van der Waals surface area contributed by atoms with E-state index in [1.807, 2.05) is 30.0 Å². The molecule has 1 heterocycles. The largest absolute Gasteiger partial charge is 0.496 e. The van der Waals surface area contributed by atoms with Crippen molar-refractivity contribution < 1.29 is 19.4 Å². The van der Waals surface area contributed by atoms with Crippen LogP contribution in [0.3, 0.4) is 0 Å². The molecule has 1 aromatic carbocycles. The molecule has 24 heavy (non-hydrogen) atoms. The molecule has 5 heteroatoms. The number of rotatable bonds is 6. The molecule has 1 fully saturated rings. The van der Waals surface area contributed by atoms with Crippen LogP contribution in [-0.4, -0.2) is 42.1 Å². The minimum atomic E-state index is -0.773. The fourth-order valence-electron chi connectivity index (χ4n) is 3.08. The number of likely N-dealkylation sites (tertiary alicyclic amines) is 1. The summed E-state index contributed by atoms with van der Waals surface area (Å²) < 4.78 is 5.32. The first-order valence-corrected chi connectivity index (χ1v) is 8.33. The highest BCUT2D eigenvalue weighted by molar-refractivity contribution is 5.92. The van der Waals surface area contributed by atoms with Crippen molar-refractivity contribution in [1.82, 2.24) is 4.90 Å². The Morgan fingerprint density at radius 2 is 2.21 bits per heavy atom. The number of ether oxygens (including phenoxy) is 1. The molecule has 1 aliphatic heterocycles. The lowest BCUT2D eigenvalue weighted by Gasteiger charge is -2.32. The summed E-state index contributed by atoms with van der Waals surface area (Å²) in [4.78, 5) is 24.9. The first-order valence-electron chi connectivity index (χ1n) is 8.33. The second kappa shape index (κ2) is 8.52. The maximum Gasteiger partial charge on any atom is 0.303 e. The number of carboxylic acid groups (broad SMARTS) is 1. The Morgan fingerprint density at radius 3 is 2.92 bits per heavy atom. The summed E-state index contributed by atoms with van der Waals surface area (Å²) in [5, 5.41) is 8.80. The van der Waals surface area contributed by atoms with Crippen LogP contribution in [0, 0.1) is 12.8 Å². The molecule has 1 atom stereocenters. The molecule has 1 aliphatic rings. The second-order valence-corrected chi connectivity index (χ2v) is 6.30. The number of aryl methyl sites for hydroxylation is 1. The van der Waals surface area contributed by atoms with E-state index in [-0.39, 0.29) is 18.2 Å². The van der Waals surface area contributed by atoms with Crippen molar-refractivity contribution in [1.29, 1.82) is 0 Å². The average Bonchev–Trinajstić information content (AvgIpc) is 2.58. The number of nitrogens with zero attached hydrogens (tertiary/aromatic N) is 1. The molecule has 2 rings (SSSR count). The topological polar surface area (TPSA) is 66.8 Å². The average molecular weight is 331 g/mol. The first kappa shape index (κ1) is 18.0. The van der Waals surface area contributed by atoms with Crippen molar-refractivity contribution in [3.05, 3.63) is 35.4 Å². The zero-order valence-electron chi connectivity index (χ0n) is 14.3. The summed E-state index contributed by atoms with van der Waals surface area (Å²) in [5.74, 6) is 0.215.